The van der Waals surface area contributed by atoms with Crippen molar-refractivity contribution < 1.29 is 4.74 Å². The Hall–Kier alpha value is -0.0800. The van der Waals surface area contributed by atoms with E-state index in [1.165, 1.54) is 19.3 Å². The maximum atomic E-state index is 5.53. The second-order valence-electron chi connectivity index (χ2n) is 4.50. The van der Waals surface area contributed by atoms with Gasteiger partial charge in [-0.05, 0) is 38.1 Å². The molecule has 1 saturated carbocycles. The summed E-state index contributed by atoms with van der Waals surface area (Å²) in [4.78, 5) is 0. The maximum absolute atomic E-state index is 5.53. The standard InChI is InChI=1S/C12H25NO/c1-4-13-12(9-14-5-2)11-7-6-10(3)8-11/h10-13H,4-9H2,1-3H3. The number of ether oxygens (including phenoxy) is 1. The minimum atomic E-state index is 0.588. The molecule has 0 aliphatic heterocycles. The molecule has 1 fully saturated rings. The van der Waals surface area contributed by atoms with E-state index in [9.17, 15) is 0 Å². The van der Waals surface area contributed by atoms with Gasteiger partial charge in [0.25, 0.3) is 0 Å². The molecular formula is C12H25NO. The summed E-state index contributed by atoms with van der Waals surface area (Å²) in [6.07, 6.45) is 4.16. The Bertz CT molecular complexity index is 149. The van der Waals surface area contributed by atoms with Gasteiger partial charge in [-0.25, -0.2) is 0 Å². The lowest BCUT2D eigenvalue weighted by Gasteiger charge is -2.24. The number of rotatable bonds is 6. The van der Waals surface area contributed by atoms with Crippen LogP contribution in [0.4, 0.5) is 0 Å². The molecule has 0 aromatic rings. The van der Waals surface area contributed by atoms with Crippen LogP contribution in [0.15, 0.2) is 0 Å². The molecule has 1 rings (SSSR count). The monoisotopic (exact) mass is 199 g/mol. The highest BCUT2D eigenvalue weighted by Crippen LogP contribution is 2.32. The minimum Gasteiger partial charge on any atom is -0.380 e. The van der Waals surface area contributed by atoms with Crippen molar-refractivity contribution in [1.82, 2.24) is 5.32 Å². The molecular weight excluding hydrogens is 174 g/mol. The summed E-state index contributed by atoms with van der Waals surface area (Å²) in [6, 6.07) is 0.588. The van der Waals surface area contributed by atoms with Gasteiger partial charge in [0.1, 0.15) is 0 Å². The van der Waals surface area contributed by atoms with E-state index in [2.05, 4.69) is 26.1 Å². The van der Waals surface area contributed by atoms with Gasteiger partial charge in [-0.1, -0.05) is 20.3 Å². The average molecular weight is 199 g/mol. The molecule has 1 aliphatic rings. The molecule has 3 atom stereocenters. The van der Waals surface area contributed by atoms with Gasteiger partial charge in [-0.15, -0.1) is 0 Å². The Morgan fingerprint density at radius 1 is 1.36 bits per heavy atom. The lowest BCUT2D eigenvalue weighted by atomic mass is 9.97. The van der Waals surface area contributed by atoms with Crippen LogP contribution < -0.4 is 5.32 Å². The van der Waals surface area contributed by atoms with Crippen molar-refractivity contribution in [3.05, 3.63) is 0 Å². The Morgan fingerprint density at radius 2 is 2.14 bits per heavy atom. The lowest BCUT2D eigenvalue weighted by molar-refractivity contribution is 0.103. The largest absolute Gasteiger partial charge is 0.380 e. The predicted octanol–water partition coefficient (Wildman–Crippen LogP) is 2.44. The summed E-state index contributed by atoms with van der Waals surface area (Å²) in [7, 11) is 0. The van der Waals surface area contributed by atoms with Gasteiger partial charge in [-0.3, -0.25) is 0 Å². The van der Waals surface area contributed by atoms with E-state index in [1.54, 1.807) is 0 Å². The summed E-state index contributed by atoms with van der Waals surface area (Å²) < 4.78 is 5.53. The Labute approximate surface area is 88.4 Å². The van der Waals surface area contributed by atoms with Crippen molar-refractivity contribution in [3.63, 3.8) is 0 Å². The van der Waals surface area contributed by atoms with Gasteiger partial charge >= 0.3 is 0 Å². The fraction of sp³-hybridized carbons (Fsp3) is 1.00. The Balaban J connectivity index is 2.33. The zero-order valence-corrected chi connectivity index (χ0v) is 9.88. The van der Waals surface area contributed by atoms with Crippen LogP contribution >= 0.6 is 0 Å². The van der Waals surface area contributed by atoms with Gasteiger partial charge in [0.2, 0.25) is 0 Å². The average Bonchev–Trinajstić information content (AvgIpc) is 2.59. The van der Waals surface area contributed by atoms with Crippen LogP contribution in [0.25, 0.3) is 0 Å². The van der Waals surface area contributed by atoms with E-state index in [1.807, 2.05) is 0 Å². The minimum absolute atomic E-state index is 0.588. The zero-order chi connectivity index (χ0) is 10.4. The van der Waals surface area contributed by atoms with Crippen molar-refractivity contribution in [3.8, 4) is 0 Å². The van der Waals surface area contributed by atoms with Crippen LogP contribution in [0.3, 0.4) is 0 Å². The van der Waals surface area contributed by atoms with Gasteiger partial charge in [0.15, 0.2) is 0 Å². The third-order valence-corrected chi connectivity index (χ3v) is 3.27. The van der Waals surface area contributed by atoms with Crippen LogP contribution in [0.5, 0.6) is 0 Å². The number of hydrogen-bond acceptors (Lipinski definition) is 2. The number of likely N-dealkylation sites (N-methyl/N-ethyl adjacent to an activating group) is 1. The molecule has 2 heteroatoms. The molecule has 1 N–H and O–H groups in total. The van der Waals surface area contributed by atoms with E-state index in [-0.39, 0.29) is 0 Å². The quantitative estimate of drug-likeness (QED) is 0.709. The molecule has 0 bridgehead atoms. The van der Waals surface area contributed by atoms with E-state index in [0.717, 1.165) is 31.6 Å². The Kier molecular flexibility index (Phi) is 5.49. The number of hydrogen-bond donors (Lipinski definition) is 1. The normalized spacial score (nSPS) is 29.4. The summed E-state index contributed by atoms with van der Waals surface area (Å²) in [5.41, 5.74) is 0. The second-order valence-corrected chi connectivity index (χ2v) is 4.50. The highest BCUT2D eigenvalue weighted by atomic mass is 16.5. The van der Waals surface area contributed by atoms with Gasteiger partial charge in [0, 0.05) is 12.6 Å². The molecule has 0 aromatic carbocycles. The first kappa shape index (κ1) is 12.0. The van der Waals surface area contributed by atoms with Crippen LogP contribution in [0.2, 0.25) is 0 Å². The molecule has 0 spiro atoms. The van der Waals surface area contributed by atoms with Crippen molar-refractivity contribution in [2.45, 2.75) is 46.1 Å². The van der Waals surface area contributed by atoms with E-state index in [4.69, 9.17) is 4.74 Å². The molecule has 2 nitrogen and oxygen atoms in total. The predicted molar refractivity (Wildman–Crippen MR) is 60.5 cm³/mol. The smallest absolute Gasteiger partial charge is 0.0622 e. The number of nitrogens with one attached hydrogen (secondary N) is 1. The van der Waals surface area contributed by atoms with E-state index >= 15 is 0 Å². The molecule has 1 aliphatic carbocycles. The van der Waals surface area contributed by atoms with Crippen molar-refractivity contribution in [2.75, 3.05) is 19.8 Å². The van der Waals surface area contributed by atoms with E-state index < -0.39 is 0 Å². The highest BCUT2D eigenvalue weighted by molar-refractivity contribution is 4.82. The second kappa shape index (κ2) is 6.41. The maximum Gasteiger partial charge on any atom is 0.0622 e. The molecule has 14 heavy (non-hydrogen) atoms. The summed E-state index contributed by atoms with van der Waals surface area (Å²) in [6.45, 7) is 9.40. The summed E-state index contributed by atoms with van der Waals surface area (Å²) in [5.74, 6) is 1.76. The van der Waals surface area contributed by atoms with Crippen LogP contribution in [0, 0.1) is 11.8 Å². The third kappa shape index (κ3) is 3.58. The molecule has 0 aromatic heterocycles. The molecule has 0 amide bonds. The van der Waals surface area contributed by atoms with Crippen molar-refractivity contribution in [2.24, 2.45) is 11.8 Å². The molecule has 0 heterocycles. The van der Waals surface area contributed by atoms with Gasteiger partial charge < -0.3 is 10.1 Å². The van der Waals surface area contributed by atoms with Crippen molar-refractivity contribution >= 4 is 0 Å². The van der Waals surface area contributed by atoms with Crippen molar-refractivity contribution in [1.29, 1.82) is 0 Å². The molecule has 0 radical (unpaired) electrons. The molecule has 84 valence electrons. The zero-order valence-electron chi connectivity index (χ0n) is 9.88. The molecule has 3 unspecified atom stereocenters. The third-order valence-electron chi connectivity index (χ3n) is 3.27. The first-order valence-electron chi connectivity index (χ1n) is 6.09. The Morgan fingerprint density at radius 3 is 2.64 bits per heavy atom. The summed E-state index contributed by atoms with van der Waals surface area (Å²) >= 11 is 0. The lowest BCUT2D eigenvalue weighted by Crippen LogP contribution is -2.39. The van der Waals surface area contributed by atoms with Crippen LogP contribution in [-0.2, 0) is 4.74 Å². The van der Waals surface area contributed by atoms with Crippen LogP contribution in [-0.4, -0.2) is 25.8 Å². The topological polar surface area (TPSA) is 21.3 Å². The SMILES string of the molecule is CCNC(COCC)C1CCC(C)C1. The summed E-state index contributed by atoms with van der Waals surface area (Å²) in [5, 5.41) is 3.55. The van der Waals surface area contributed by atoms with Crippen LogP contribution in [0.1, 0.15) is 40.0 Å². The fourth-order valence-corrected chi connectivity index (χ4v) is 2.49. The molecule has 0 saturated heterocycles. The van der Waals surface area contributed by atoms with Gasteiger partial charge in [-0.2, -0.15) is 0 Å². The van der Waals surface area contributed by atoms with Gasteiger partial charge in [0.05, 0.1) is 6.61 Å². The first-order valence-corrected chi connectivity index (χ1v) is 6.09. The fourth-order valence-electron chi connectivity index (χ4n) is 2.49. The van der Waals surface area contributed by atoms with E-state index in [0.29, 0.717) is 6.04 Å². The highest BCUT2D eigenvalue weighted by Gasteiger charge is 2.28. The first-order chi connectivity index (χ1) is 6.77.